The van der Waals surface area contributed by atoms with Crippen LogP contribution in [0, 0.1) is 17.3 Å². The molecule has 0 aromatic heterocycles. The van der Waals surface area contributed by atoms with Gasteiger partial charge in [0.25, 0.3) is 0 Å². The lowest BCUT2D eigenvalue weighted by Gasteiger charge is -2.58. The standard InChI is InChI=1S/C27H28O4S/c1-18(2)24(28)31-27-15-19-12-20(16-27)14-26(13-19,17-27)25(29)30-21-8-10-23(11-9-21)32-22-6-4-3-5-7-22/h3-11,19-20H,1,12-17H2,2H3/p+1. The molecular weight excluding hydrogens is 420 g/mol. The molecule has 32 heavy (non-hydrogen) atoms. The molecule has 2 aromatic carbocycles. The topological polar surface area (TPSA) is 56.9 Å². The molecule has 4 aliphatic carbocycles. The third-order valence-electron chi connectivity index (χ3n) is 7.14. The summed E-state index contributed by atoms with van der Waals surface area (Å²) in [5.74, 6) is 1.28. The zero-order chi connectivity index (χ0) is 22.3. The molecule has 4 fully saturated rings. The SMILES string of the molecule is C=C(C)C(=O)OC12CC3CC(C1)CC(C(=[OH+])Oc1ccc(Sc4ccccc4)cc1)(C3)C2. The Morgan fingerprint density at radius 2 is 1.62 bits per heavy atom. The third-order valence-corrected chi connectivity index (χ3v) is 8.15. The number of rotatable bonds is 6. The number of carbonyl (C=O) groups is 1. The van der Waals surface area contributed by atoms with Gasteiger partial charge in [0.05, 0.1) is 0 Å². The minimum Gasteiger partial charge on any atom is -0.456 e. The van der Waals surface area contributed by atoms with Gasteiger partial charge < -0.3 is 9.53 Å². The van der Waals surface area contributed by atoms with Crippen LogP contribution in [0.15, 0.2) is 76.5 Å². The summed E-state index contributed by atoms with van der Waals surface area (Å²) in [5, 5.41) is 0. The van der Waals surface area contributed by atoms with Crippen molar-refractivity contribution in [1.82, 2.24) is 0 Å². The van der Waals surface area contributed by atoms with Crippen molar-refractivity contribution in [2.75, 3.05) is 0 Å². The smallest absolute Gasteiger partial charge is 0.456 e. The average Bonchev–Trinajstić information content (AvgIpc) is 2.74. The van der Waals surface area contributed by atoms with Crippen molar-refractivity contribution in [3.8, 4) is 5.75 Å². The number of esters is 2. The predicted molar refractivity (Wildman–Crippen MR) is 125 cm³/mol. The largest absolute Gasteiger partial charge is 0.495 e. The molecule has 4 nitrogen and oxygen atoms in total. The van der Waals surface area contributed by atoms with E-state index in [2.05, 4.69) is 18.7 Å². The molecule has 166 valence electrons. The summed E-state index contributed by atoms with van der Waals surface area (Å²) in [4.78, 5) is 25.8. The van der Waals surface area contributed by atoms with Gasteiger partial charge in [0.15, 0.2) is 0 Å². The molecular formula is C27H29O4S+. The van der Waals surface area contributed by atoms with Crippen LogP contribution < -0.4 is 4.74 Å². The quantitative estimate of drug-likeness (QED) is 0.229. The van der Waals surface area contributed by atoms with Crippen molar-refractivity contribution in [1.29, 1.82) is 0 Å². The summed E-state index contributed by atoms with van der Waals surface area (Å²) in [6.07, 6.45) is 5.31. The van der Waals surface area contributed by atoms with E-state index in [-0.39, 0.29) is 11.9 Å². The normalized spacial score (nSPS) is 30.0. The highest BCUT2D eigenvalue weighted by atomic mass is 32.2. The van der Waals surface area contributed by atoms with Crippen molar-refractivity contribution in [2.45, 2.75) is 60.8 Å². The van der Waals surface area contributed by atoms with Gasteiger partial charge in [-0.05, 0) is 75.1 Å². The second-order valence-corrected chi connectivity index (χ2v) is 11.0. The van der Waals surface area contributed by atoms with Crippen LogP contribution in [0.4, 0.5) is 0 Å². The molecule has 0 saturated heterocycles. The molecule has 2 atom stereocenters. The Labute approximate surface area is 193 Å². The van der Waals surface area contributed by atoms with Crippen LogP contribution in [-0.2, 0) is 9.53 Å². The fourth-order valence-electron chi connectivity index (χ4n) is 6.25. The zero-order valence-corrected chi connectivity index (χ0v) is 19.2. The monoisotopic (exact) mass is 449 g/mol. The van der Waals surface area contributed by atoms with E-state index in [0.29, 0.717) is 29.6 Å². The summed E-state index contributed by atoms with van der Waals surface area (Å²) in [6.45, 7) is 5.42. The molecule has 0 amide bonds. The summed E-state index contributed by atoms with van der Waals surface area (Å²) in [6, 6.07) is 18.0. The molecule has 2 aromatic rings. The fraction of sp³-hybridized carbons (Fsp3) is 0.407. The minimum atomic E-state index is -0.506. The predicted octanol–water partition coefficient (Wildman–Crippen LogP) is 6.18. The van der Waals surface area contributed by atoms with Crippen molar-refractivity contribution >= 4 is 23.7 Å². The zero-order valence-electron chi connectivity index (χ0n) is 18.4. The Morgan fingerprint density at radius 3 is 2.25 bits per heavy atom. The van der Waals surface area contributed by atoms with Crippen molar-refractivity contribution in [2.24, 2.45) is 17.3 Å². The summed E-state index contributed by atoms with van der Waals surface area (Å²) in [7, 11) is 0. The molecule has 4 aliphatic rings. The first-order valence-corrected chi connectivity index (χ1v) is 12.1. The lowest BCUT2D eigenvalue weighted by molar-refractivity contribution is -0.190. The molecule has 2 unspecified atom stereocenters. The highest BCUT2D eigenvalue weighted by Crippen LogP contribution is 2.63. The number of benzene rings is 2. The van der Waals surface area contributed by atoms with E-state index in [1.165, 1.54) is 4.90 Å². The van der Waals surface area contributed by atoms with Crippen LogP contribution in [-0.4, -0.2) is 22.3 Å². The molecule has 4 bridgehead atoms. The first kappa shape index (κ1) is 21.3. The van der Waals surface area contributed by atoms with E-state index < -0.39 is 11.0 Å². The highest BCUT2D eigenvalue weighted by molar-refractivity contribution is 7.99. The van der Waals surface area contributed by atoms with E-state index in [9.17, 15) is 9.59 Å². The first-order chi connectivity index (χ1) is 15.3. The van der Waals surface area contributed by atoms with E-state index >= 15 is 0 Å². The molecule has 1 N–H and O–H groups in total. The molecule has 4 saturated carbocycles. The number of carbonyl (C=O) groups excluding carboxylic acids is 2. The Bertz CT molecular complexity index is 1030. The van der Waals surface area contributed by atoms with Crippen LogP contribution in [0.5, 0.6) is 5.75 Å². The Hall–Kier alpha value is -2.53. The number of ether oxygens (including phenoxy) is 2. The van der Waals surface area contributed by atoms with Crippen LogP contribution in [0.25, 0.3) is 0 Å². The van der Waals surface area contributed by atoms with Gasteiger partial charge >= 0.3 is 11.9 Å². The summed E-state index contributed by atoms with van der Waals surface area (Å²) < 4.78 is 12.0. The second-order valence-electron chi connectivity index (χ2n) is 9.89. The third kappa shape index (κ3) is 4.11. The first-order valence-electron chi connectivity index (χ1n) is 11.3. The number of hydrogen-bond acceptors (Lipinski definition) is 4. The molecule has 0 heterocycles. The lowest BCUT2D eigenvalue weighted by atomic mass is 9.48. The lowest BCUT2D eigenvalue weighted by Crippen LogP contribution is -2.60. The fourth-order valence-corrected chi connectivity index (χ4v) is 7.09. The molecule has 5 heteroatoms. The van der Waals surface area contributed by atoms with Gasteiger partial charge in [0.1, 0.15) is 11.0 Å². The second kappa shape index (κ2) is 8.11. The van der Waals surface area contributed by atoms with Crippen LogP contribution in [0.1, 0.15) is 45.4 Å². The Morgan fingerprint density at radius 1 is 1.00 bits per heavy atom. The van der Waals surface area contributed by atoms with Crippen molar-refractivity contribution in [3.05, 3.63) is 66.7 Å². The van der Waals surface area contributed by atoms with E-state index in [4.69, 9.17) is 9.47 Å². The number of hydrogen-bond donors (Lipinski definition) is 0. The average molecular weight is 450 g/mol. The van der Waals surface area contributed by atoms with E-state index in [0.717, 1.165) is 37.0 Å². The van der Waals surface area contributed by atoms with Gasteiger partial charge in [0, 0.05) is 33.9 Å². The maximum Gasteiger partial charge on any atom is 0.495 e. The van der Waals surface area contributed by atoms with Gasteiger partial charge in [-0.15, -0.1) is 0 Å². The maximum atomic E-state index is 12.3. The minimum absolute atomic E-state index is 0.0748. The Balaban J connectivity index is 1.30. The van der Waals surface area contributed by atoms with Gasteiger partial charge in [-0.3, -0.25) is 4.74 Å². The van der Waals surface area contributed by atoms with Crippen LogP contribution in [0.2, 0.25) is 0 Å². The summed E-state index contributed by atoms with van der Waals surface area (Å²) in [5.41, 5.74) is -0.530. The van der Waals surface area contributed by atoms with E-state index in [1.54, 1.807) is 18.7 Å². The van der Waals surface area contributed by atoms with Crippen LogP contribution in [0.3, 0.4) is 0 Å². The van der Waals surface area contributed by atoms with Crippen molar-refractivity contribution < 1.29 is 19.1 Å². The van der Waals surface area contributed by atoms with Gasteiger partial charge in [0.2, 0.25) is 5.75 Å². The van der Waals surface area contributed by atoms with E-state index in [1.807, 2.05) is 42.5 Å². The maximum absolute atomic E-state index is 12.3. The summed E-state index contributed by atoms with van der Waals surface area (Å²) >= 11 is 1.69. The van der Waals surface area contributed by atoms with Gasteiger partial charge in [-0.1, -0.05) is 36.5 Å². The molecule has 0 spiro atoms. The highest BCUT2D eigenvalue weighted by Gasteiger charge is 2.65. The molecule has 6 rings (SSSR count). The molecule has 0 radical (unpaired) electrons. The molecule has 0 aliphatic heterocycles. The van der Waals surface area contributed by atoms with Crippen molar-refractivity contribution in [3.63, 3.8) is 0 Å². The van der Waals surface area contributed by atoms with Gasteiger partial charge in [-0.2, -0.15) is 0 Å². The Kier molecular flexibility index (Phi) is 5.40. The van der Waals surface area contributed by atoms with Gasteiger partial charge in [-0.25, -0.2) is 4.79 Å². The van der Waals surface area contributed by atoms with Crippen LogP contribution >= 0.6 is 11.8 Å².